The zero-order chi connectivity index (χ0) is 15.4. The highest BCUT2D eigenvalue weighted by Crippen LogP contribution is 2.21. The molecule has 116 valence electrons. The van der Waals surface area contributed by atoms with Gasteiger partial charge in [0, 0.05) is 30.5 Å². The Morgan fingerprint density at radius 3 is 2.71 bits per heavy atom. The van der Waals surface area contributed by atoms with Crippen molar-refractivity contribution in [2.24, 2.45) is 5.92 Å². The summed E-state index contributed by atoms with van der Waals surface area (Å²) in [5.41, 5.74) is 1.95. The molecule has 1 saturated heterocycles. The van der Waals surface area contributed by atoms with E-state index < -0.39 is 0 Å². The molecule has 1 amide bonds. The molecule has 0 aliphatic carbocycles. The summed E-state index contributed by atoms with van der Waals surface area (Å²) in [5.74, 6) is 0.962. The summed E-state index contributed by atoms with van der Waals surface area (Å²) in [5, 5.41) is 3.09. The molecule has 1 aromatic heterocycles. The minimum absolute atomic E-state index is 0.0390. The first-order chi connectivity index (χ1) is 9.99. The van der Waals surface area contributed by atoms with E-state index in [2.05, 4.69) is 27.1 Å². The number of amides is 1. The lowest BCUT2D eigenvalue weighted by molar-refractivity contribution is -0.125. The molecule has 1 aliphatic rings. The quantitative estimate of drug-likeness (QED) is 0.924. The van der Waals surface area contributed by atoms with Crippen molar-refractivity contribution in [3.8, 4) is 0 Å². The smallest absolute Gasteiger partial charge is 0.225 e. The number of carbonyl (C=O) groups is 1. The summed E-state index contributed by atoms with van der Waals surface area (Å²) in [7, 11) is 0. The molecular weight excluding hydrogens is 264 g/mol. The summed E-state index contributed by atoms with van der Waals surface area (Å²) in [4.78, 5) is 23.5. The van der Waals surface area contributed by atoms with E-state index in [1.165, 1.54) is 0 Å². The lowest BCUT2D eigenvalue weighted by atomic mass is 9.97. The summed E-state index contributed by atoms with van der Waals surface area (Å²) < 4.78 is 0. The van der Waals surface area contributed by atoms with Gasteiger partial charge in [-0.1, -0.05) is 6.92 Å². The van der Waals surface area contributed by atoms with Crippen LogP contribution < -0.4 is 10.2 Å². The average molecular weight is 290 g/mol. The largest absolute Gasteiger partial charge is 0.353 e. The minimum Gasteiger partial charge on any atom is -0.353 e. The molecule has 1 aliphatic heterocycles. The summed E-state index contributed by atoms with van der Waals surface area (Å²) in [6.45, 7) is 9.73. The van der Waals surface area contributed by atoms with E-state index >= 15 is 0 Å². The number of rotatable bonds is 4. The summed E-state index contributed by atoms with van der Waals surface area (Å²) in [6, 6.07) is 2.21. The molecule has 2 heterocycles. The van der Waals surface area contributed by atoms with Gasteiger partial charge in [0.15, 0.2) is 0 Å². The lowest BCUT2D eigenvalue weighted by Crippen LogP contribution is -2.45. The molecule has 0 bridgehead atoms. The lowest BCUT2D eigenvalue weighted by Gasteiger charge is -2.32. The highest BCUT2D eigenvalue weighted by Gasteiger charge is 2.27. The van der Waals surface area contributed by atoms with Gasteiger partial charge in [-0.25, -0.2) is 9.97 Å². The molecule has 5 nitrogen and oxygen atoms in total. The van der Waals surface area contributed by atoms with Gasteiger partial charge in [-0.05, 0) is 46.1 Å². The summed E-state index contributed by atoms with van der Waals surface area (Å²) >= 11 is 0. The maximum atomic E-state index is 12.3. The van der Waals surface area contributed by atoms with E-state index in [0.29, 0.717) is 6.54 Å². The van der Waals surface area contributed by atoms with E-state index in [1.807, 2.05) is 26.8 Å². The molecule has 0 unspecified atom stereocenters. The Bertz CT molecular complexity index is 483. The van der Waals surface area contributed by atoms with Gasteiger partial charge < -0.3 is 10.2 Å². The molecular formula is C16H26N4O. The monoisotopic (exact) mass is 290 g/mol. The molecule has 1 aromatic rings. The van der Waals surface area contributed by atoms with Crippen LogP contribution in [0.15, 0.2) is 6.07 Å². The van der Waals surface area contributed by atoms with Gasteiger partial charge >= 0.3 is 0 Å². The second-order valence-corrected chi connectivity index (χ2v) is 6.05. The van der Waals surface area contributed by atoms with E-state index in [4.69, 9.17) is 0 Å². The molecule has 2 rings (SSSR count). The summed E-state index contributed by atoms with van der Waals surface area (Å²) in [6.07, 6.45) is 2.92. The minimum atomic E-state index is 0.0390. The molecule has 21 heavy (non-hydrogen) atoms. The number of aromatic nitrogens is 2. The number of piperidine rings is 1. The highest BCUT2D eigenvalue weighted by atomic mass is 16.2. The molecule has 0 saturated carbocycles. The van der Waals surface area contributed by atoms with Crippen molar-refractivity contribution >= 4 is 11.9 Å². The van der Waals surface area contributed by atoms with Gasteiger partial charge in [0.2, 0.25) is 11.9 Å². The standard InChI is InChI=1S/C16H26N4O/c1-5-11(2)17-15(21)14-7-6-8-20(10-14)16-18-12(3)9-13(4)19-16/h9,11,14H,5-8,10H2,1-4H3,(H,17,21)/t11-,14+/m0/s1. The number of carbonyl (C=O) groups excluding carboxylic acids is 1. The second-order valence-electron chi connectivity index (χ2n) is 6.05. The maximum absolute atomic E-state index is 12.3. The van der Waals surface area contributed by atoms with Gasteiger partial charge in [0.25, 0.3) is 0 Å². The number of hydrogen-bond donors (Lipinski definition) is 1. The van der Waals surface area contributed by atoms with Crippen molar-refractivity contribution < 1.29 is 4.79 Å². The van der Waals surface area contributed by atoms with Crippen LogP contribution in [-0.4, -0.2) is 35.0 Å². The fraction of sp³-hybridized carbons (Fsp3) is 0.688. The third-order valence-electron chi connectivity index (χ3n) is 4.05. The molecule has 5 heteroatoms. The van der Waals surface area contributed by atoms with Gasteiger partial charge in [0.05, 0.1) is 5.92 Å². The third kappa shape index (κ3) is 4.16. The number of nitrogens with one attached hydrogen (secondary N) is 1. The molecule has 1 fully saturated rings. The van der Waals surface area contributed by atoms with Crippen molar-refractivity contribution in [1.29, 1.82) is 0 Å². The third-order valence-corrected chi connectivity index (χ3v) is 4.05. The van der Waals surface area contributed by atoms with Crippen molar-refractivity contribution in [3.63, 3.8) is 0 Å². The molecule has 0 aromatic carbocycles. The SMILES string of the molecule is CC[C@H](C)NC(=O)[C@@H]1CCCN(c2nc(C)cc(C)n2)C1. The van der Waals surface area contributed by atoms with E-state index in [9.17, 15) is 4.79 Å². The first kappa shape index (κ1) is 15.7. The van der Waals surface area contributed by atoms with E-state index in [1.54, 1.807) is 0 Å². The molecule has 0 radical (unpaired) electrons. The predicted molar refractivity (Wildman–Crippen MR) is 84.3 cm³/mol. The van der Waals surface area contributed by atoms with Crippen LogP contribution in [0.25, 0.3) is 0 Å². The Balaban J connectivity index is 2.05. The van der Waals surface area contributed by atoms with Gasteiger partial charge in [-0.15, -0.1) is 0 Å². The van der Waals surface area contributed by atoms with Crippen LogP contribution in [0.3, 0.4) is 0 Å². The second kappa shape index (κ2) is 6.87. The van der Waals surface area contributed by atoms with Crippen LogP contribution in [0, 0.1) is 19.8 Å². The molecule has 2 atom stereocenters. The van der Waals surface area contributed by atoms with Crippen LogP contribution in [-0.2, 0) is 4.79 Å². The Morgan fingerprint density at radius 2 is 2.10 bits per heavy atom. The van der Waals surface area contributed by atoms with Crippen molar-refractivity contribution in [1.82, 2.24) is 15.3 Å². The Kier molecular flexibility index (Phi) is 5.15. The van der Waals surface area contributed by atoms with Crippen LogP contribution in [0.5, 0.6) is 0 Å². The van der Waals surface area contributed by atoms with Crippen molar-refractivity contribution in [3.05, 3.63) is 17.5 Å². The maximum Gasteiger partial charge on any atom is 0.225 e. The zero-order valence-corrected chi connectivity index (χ0v) is 13.5. The molecule has 0 spiro atoms. The number of nitrogens with zero attached hydrogens (tertiary/aromatic N) is 3. The Hall–Kier alpha value is -1.65. The van der Waals surface area contributed by atoms with Crippen LogP contribution in [0.4, 0.5) is 5.95 Å². The fourth-order valence-electron chi connectivity index (χ4n) is 2.68. The normalized spacial score (nSPS) is 20.2. The topological polar surface area (TPSA) is 58.1 Å². The molecule has 1 N–H and O–H groups in total. The van der Waals surface area contributed by atoms with Crippen LogP contribution in [0.2, 0.25) is 0 Å². The van der Waals surface area contributed by atoms with Gasteiger partial charge in [-0.2, -0.15) is 0 Å². The fourth-order valence-corrected chi connectivity index (χ4v) is 2.68. The average Bonchev–Trinajstić information content (AvgIpc) is 2.46. The van der Waals surface area contributed by atoms with Crippen LogP contribution >= 0.6 is 0 Å². The van der Waals surface area contributed by atoms with E-state index in [0.717, 1.165) is 43.1 Å². The highest BCUT2D eigenvalue weighted by molar-refractivity contribution is 5.79. The number of aryl methyl sites for hydroxylation is 2. The number of hydrogen-bond acceptors (Lipinski definition) is 4. The zero-order valence-electron chi connectivity index (χ0n) is 13.5. The Labute approximate surface area is 127 Å². The van der Waals surface area contributed by atoms with Crippen LogP contribution in [0.1, 0.15) is 44.5 Å². The first-order valence-corrected chi connectivity index (χ1v) is 7.87. The Morgan fingerprint density at radius 1 is 1.43 bits per heavy atom. The van der Waals surface area contributed by atoms with Crippen molar-refractivity contribution in [2.75, 3.05) is 18.0 Å². The van der Waals surface area contributed by atoms with Gasteiger partial charge in [0.1, 0.15) is 0 Å². The first-order valence-electron chi connectivity index (χ1n) is 7.87. The predicted octanol–water partition coefficient (Wildman–Crippen LogP) is 2.22. The van der Waals surface area contributed by atoms with E-state index in [-0.39, 0.29) is 17.9 Å². The van der Waals surface area contributed by atoms with Crippen molar-refractivity contribution in [2.45, 2.75) is 53.0 Å². The van der Waals surface area contributed by atoms with Gasteiger partial charge in [-0.3, -0.25) is 4.79 Å². The number of anilines is 1.